The Balaban J connectivity index is 2.27. The zero-order valence-electron chi connectivity index (χ0n) is 11.8. The Kier molecular flexibility index (Phi) is 4.03. The van der Waals surface area contributed by atoms with Crippen molar-refractivity contribution in [3.05, 3.63) is 0 Å². The third-order valence-electron chi connectivity index (χ3n) is 4.71. The van der Waals surface area contributed by atoms with Gasteiger partial charge in [0.15, 0.2) is 0 Å². The van der Waals surface area contributed by atoms with Crippen LogP contribution in [0.25, 0.3) is 0 Å². The molecule has 0 bridgehead atoms. The lowest BCUT2D eigenvalue weighted by atomic mass is 9.64. The smallest absolute Gasteiger partial charge is 0.342 e. The average Bonchev–Trinajstić information content (AvgIpc) is 2.35. The molecule has 1 heterocycles. The molecule has 1 amide bonds. The summed E-state index contributed by atoms with van der Waals surface area (Å²) < 4.78 is 64.5. The van der Waals surface area contributed by atoms with E-state index in [4.69, 9.17) is 0 Å². The fourth-order valence-electron chi connectivity index (χ4n) is 3.43. The van der Waals surface area contributed by atoms with Gasteiger partial charge in [-0.1, -0.05) is 6.92 Å². The lowest BCUT2D eigenvalue weighted by Crippen LogP contribution is -2.59. The number of carbonyl (C=O) groups excluding carboxylic acids is 1. The van der Waals surface area contributed by atoms with E-state index in [0.717, 1.165) is 0 Å². The van der Waals surface area contributed by atoms with Crippen LogP contribution in [0.3, 0.4) is 0 Å². The number of rotatable bonds is 2. The minimum Gasteiger partial charge on any atom is -0.342 e. The second-order valence-electron chi connectivity index (χ2n) is 5.94. The van der Waals surface area contributed by atoms with Gasteiger partial charge in [0.05, 0.1) is 6.10 Å². The van der Waals surface area contributed by atoms with E-state index in [1.807, 2.05) is 0 Å². The highest BCUT2D eigenvalue weighted by Gasteiger charge is 2.55. The van der Waals surface area contributed by atoms with E-state index in [1.54, 1.807) is 14.0 Å². The summed E-state index contributed by atoms with van der Waals surface area (Å²) in [5, 5.41) is 0. The molecule has 1 aliphatic carbocycles. The Morgan fingerprint density at radius 3 is 2.52 bits per heavy atom. The number of piperidine rings is 1. The van der Waals surface area contributed by atoms with Crippen molar-refractivity contribution in [3.8, 4) is 0 Å². The lowest BCUT2D eigenvalue weighted by molar-refractivity contribution is -0.150. The van der Waals surface area contributed by atoms with Gasteiger partial charge in [0.25, 0.3) is 0 Å². The molecule has 2 rings (SSSR count). The first-order valence-corrected chi connectivity index (χ1v) is 8.15. The molecule has 5 nitrogen and oxygen atoms in total. The minimum absolute atomic E-state index is 0.0724. The summed E-state index contributed by atoms with van der Waals surface area (Å²) in [4.78, 5) is 13.2. The van der Waals surface area contributed by atoms with Crippen molar-refractivity contribution in [1.82, 2.24) is 4.90 Å². The first-order chi connectivity index (χ1) is 9.49. The minimum atomic E-state index is -5.62. The maximum Gasteiger partial charge on any atom is 0.523 e. The first-order valence-electron chi connectivity index (χ1n) is 6.74. The van der Waals surface area contributed by atoms with E-state index in [-0.39, 0.29) is 24.8 Å². The Morgan fingerprint density at radius 1 is 1.33 bits per heavy atom. The molecule has 2 aliphatic rings. The van der Waals surface area contributed by atoms with Crippen LogP contribution in [-0.4, -0.2) is 43.9 Å². The quantitative estimate of drug-likeness (QED) is 0.574. The molecule has 2 unspecified atom stereocenters. The van der Waals surface area contributed by atoms with Crippen LogP contribution in [0.1, 0.15) is 39.0 Å². The molecule has 2 fully saturated rings. The monoisotopic (exact) mass is 329 g/mol. The summed E-state index contributed by atoms with van der Waals surface area (Å²) in [6, 6.07) is -0.291. The molecule has 9 heteroatoms. The van der Waals surface area contributed by atoms with Crippen LogP contribution in [0.2, 0.25) is 0 Å². The summed E-state index contributed by atoms with van der Waals surface area (Å²) in [5.41, 5.74) is -6.20. The zero-order chi connectivity index (χ0) is 16.1. The lowest BCUT2D eigenvalue weighted by Gasteiger charge is -2.52. The van der Waals surface area contributed by atoms with Crippen LogP contribution < -0.4 is 0 Å². The summed E-state index contributed by atoms with van der Waals surface area (Å²) in [6.07, 6.45) is 0.873. The number of fused-ring (bicyclic) bond motifs is 1. The van der Waals surface area contributed by atoms with Gasteiger partial charge in [0, 0.05) is 24.9 Å². The van der Waals surface area contributed by atoms with Gasteiger partial charge in [-0.3, -0.25) is 8.98 Å². The Hall–Kier alpha value is -0.830. The fourth-order valence-corrected chi connectivity index (χ4v) is 4.16. The van der Waals surface area contributed by atoms with Crippen molar-refractivity contribution >= 4 is 16.0 Å². The Bertz CT molecular complexity index is 533. The van der Waals surface area contributed by atoms with Crippen molar-refractivity contribution < 1.29 is 30.6 Å². The molecule has 1 aliphatic heterocycles. The summed E-state index contributed by atoms with van der Waals surface area (Å²) >= 11 is 0. The van der Waals surface area contributed by atoms with Gasteiger partial charge in [0.2, 0.25) is 5.91 Å². The Morgan fingerprint density at radius 2 is 1.95 bits per heavy atom. The molecular formula is C12H18F3NO4S. The number of likely N-dealkylation sites (tertiary alicyclic amines) is 1. The molecule has 0 radical (unpaired) electrons. The summed E-state index contributed by atoms with van der Waals surface area (Å²) in [7, 11) is -4.02. The maximum absolute atomic E-state index is 12.5. The Labute approximate surface area is 121 Å². The third kappa shape index (κ3) is 2.77. The molecule has 21 heavy (non-hydrogen) atoms. The van der Waals surface area contributed by atoms with Crippen molar-refractivity contribution in [2.75, 3.05) is 7.05 Å². The standard InChI is InChI=1S/C12H18F3NO4S/c1-11-7-6-10(17)16(2)8(11)4-3-5-9(11)20-21(18,19)12(13,14)15/h8-9H,3-7H2,1-2H3/t8?,9?,11-/m0/s1. The molecule has 0 aromatic carbocycles. The van der Waals surface area contributed by atoms with Crippen molar-refractivity contribution in [2.45, 2.75) is 56.7 Å². The third-order valence-corrected chi connectivity index (χ3v) is 5.76. The number of hydrogen-bond acceptors (Lipinski definition) is 4. The van der Waals surface area contributed by atoms with Gasteiger partial charge in [-0.15, -0.1) is 0 Å². The predicted octanol–water partition coefficient (Wildman–Crippen LogP) is 2.03. The van der Waals surface area contributed by atoms with Gasteiger partial charge in [-0.25, -0.2) is 0 Å². The van der Waals surface area contributed by atoms with E-state index < -0.39 is 27.1 Å². The van der Waals surface area contributed by atoms with Gasteiger partial charge in [0.1, 0.15) is 0 Å². The zero-order valence-corrected chi connectivity index (χ0v) is 12.6. The molecule has 0 spiro atoms. The van der Waals surface area contributed by atoms with E-state index in [9.17, 15) is 26.4 Å². The van der Waals surface area contributed by atoms with Gasteiger partial charge < -0.3 is 4.90 Å². The van der Waals surface area contributed by atoms with Crippen molar-refractivity contribution in [2.24, 2.45) is 5.41 Å². The molecule has 0 aromatic rings. The predicted molar refractivity (Wildman–Crippen MR) is 67.6 cm³/mol. The molecule has 1 saturated heterocycles. The van der Waals surface area contributed by atoms with Crippen LogP contribution in [-0.2, 0) is 19.1 Å². The van der Waals surface area contributed by atoms with Crippen LogP contribution in [0.15, 0.2) is 0 Å². The van der Waals surface area contributed by atoms with E-state index in [2.05, 4.69) is 4.18 Å². The largest absolute Gasteiger partial charge is 0.523 e. The first kappa shape index (κ1) is 16.5. The maximum atomic E-state index is 12.5. The number of amides is 1. The molecule has 1 saturated carbocycles. The highest BCUT2D eigenvalue weighted by atomic mass is 32.2. The molecule has 0 N–H and O–H groups in total. The van der Waals surface area contributed by atoms with E-state index >= 15 is 0 Å². The van der Waals surface area contributed by atoms with Gasteiger partial charge >= 0.3 is 15.6 Å². The molecular weight excluding hydrogens is 311 g/mol. The highest BCUT2D eigenvalue weighted by Crippen LogP contribution is 2.48. The fraction of sp³-hybridized carbons (Fsp3) is 0.917. The van der Waals surface area contributed by atoms with Crippen LogP contribution in [0, 0.1) is 5.41 Å². The second kappa shape index (κ2) is 5.12. The highest BCUT2D eigenvalue weighted by molar-refractivity contribution is 7.87. The molecule has 0 aromatic heterocycles. The average molecular weight is 329 g/mol. The van der Waals surface area contributed by atoms with Gasteiger partial charge in [-0.2, -0.15) is 21.6 Å². The van der Waals surface area contributed by atoms with Crippen LogP contribution in [0.5, 0.6) is 0 Å². The van der Waals surface area contributed by atoms with Gasteiger partial charge in [-0.05, 0) is 25.7 Å². The van der Waals surface area contributed by atoms with E-state index in [0.29, 0.717) is 19.3 Å². The molecule has 122 valence electrons. The number of nitrogens with zero attached hydrogens (tertiary/aromatic N) is 1. The normalized spacial score (nSPS) is 34.7. The number of alkyl halides is 3. The van der Waals surface area contributed by atoms with Crippen molar-refractivity contribution in [3.63, 3.8) is 0 Å². The molecule has 3 atom stereocenters. The van der Waals surface area contributed by atoms with E-state index in [1.165, 1.54) is 4.90 Å². The number of halogens is 3. The second-order valence-corrected chi connectivity index (χ2v) is 7.51. The summed E-state index contributed by atoms with van der Waals surface area (Å²) in [5.74, 6) is -0.0724. The summed E-state index contributed by atoms with van der Waals surface area (Å²) in [6.45, 7) is 1.70. The van der Waals surface area contributed by atoms with Crippen LogP contribution >= 0.6 is 0 Å². The topological polar surface area (TPSA) is 63.7 Å². The number of carbonyl (C=O) groups is 1. The SMILES string of the molecule is CN1C(=O)CC[C@]2(C)C(OS(=O)(=O)C(F)(F)F)CCCC12. The van der Waals surface area contributed by atoms with Crippen molar-refractivity contribution in [1.29, 1.82) is 0 Å². The number of hydrogen-bond donors (Lipinski definition) is 0. The van der Waals surface area contributed by atoms with Crippen LogP contribution in [0.4, 0.5) is 13.2 Å².